The quantitative estimate of drug-likeness (QED) is 0.662. The van der Waals surface area contributed by atoms with Crippen LogP contribution in [0, 0.1) is 10.1 Å². The number of benzene rings is 1. The van der Waals surface area contributed by atoms with E-state index in [0.717, 1.165) is 6.07 Å². The molecule has 7 heteroatoms. The van der Waals surface area contributed by atoms with Gasteiger partial charge < -0.3 is 10.1 Å². The van der Waals surface area contributed by atoms with E-state index in [1.54, 1.807) is 20.8 Å². The third kappa shape index (κ3) is 4.21. The average Bonchev–Trinajstić information content (AvgIpc) is 2.17. The number of nitrogens with zero attached hydrogens (tertiary/aromatic N) is 1. The van der Waals surface area contributed by atoms with Gasteiger partial charge in [-0.1, -0.05) is 11.6 Å². The smallest absolute Gasteiger partial charge is 0.403 e. The fourth-order valence-corrected chi connectivity index (χ4v) is 1.32. The van der Waals surface area contributed by atoms with E-state index in [-0.39, 0.29) is 16.5 Å². The molecule has 18 heavy (non-hydrogen) atoms. The van der Waals surface area contributed by atoms with Gasteiger partial charge in [0.1, 0.15) is 0 Å². The second kappa shape index (κ2) is 5.22. The van der Waals surface area contributed by atoms with Crippen LogP contribution >= 0.6 is 11.6 Å². The van der Waals surface area contributed by atoms with E-state index in [1.165, 1.54) is 12.1 Å². The topological polar surface area (TPSA) is 81.5 Å². The van der Waals surface area contributed by atoms with Crippen molar-refractivity contribution in [3.05, 3.63) is 33.3 Å². The molecule has 0 saturated heterocycles. The predicted octanol–water partition coefficient (Wildman–Crippen LogP) is 3.14. The highest BCUT2D eigenvalue weighted by Gasteiger charge is 2.21. The molecule has 0 spiro atoms. The molecule has 1 N–H and O–H groups in total. The van der Waals surface area contributed by atoms with Gasteiger partial charge in [-0.05, 0) is 32.9 Å². The van der Waals surface area contributed by atoms with Crippen LogP contribution < -0.4 is 10.1 Å². The van der Waals surface area contributed by atoms with Crippen molar-refractivity contribution < 1.29 is 14.5 Å². The van der Waals surface area contributed by atoms with Crippen molar-refractivity contribution >= 4 is 23.4 Å². The normalized spacial score (nSPS) is 10.9. The number of rotatable bonds is 2. The lowest BCUT2D eigenvalue weighted by molar-refractivity contribution is -0.385. The number of carbonyl (C=O) groups excluding carboxylic acids is 1. The number of nitrogens with one attached hydrogen (secondary N) is 1. The van der Waals surface area contributed by atoms with Gasteiger partial charge in [0, 0.05) is 16.6 Å². The maximum absolute atomic E-state index is 11.5. The van der Waals surface area contributed by atoms with E-state index in [1.807, 2.05) is 0 Å². The molecule has 0 radical (unpaired) electrons. The Morgan fingerprint density at radius 1 is 1.44 bits per heavy atom. The summed E-state index contributed by atoms with van der Waals surface area (Å²) in [6.45, 7) is 5.31. The highest BCUT2D eigenvalue weighted by atomic mass is 35.5. The summed E-state index contributed by atoms with van der Waals surface area (Å²) in [5.41, 5.74) is -0.843. The van der Waals surface area contributed by atoms with Crippen LogP contribution in [0.2, 0.25) is 5.02 Å². The minimum atomic E-state index is -0.757. The minimum Gasteiger partial charge on any atom is -0.403 e. The molecule has 0 unspecified atom stereocenters. The highest BCUT2D eigenvalue weighted by Crippen LogP contribution is 2.29. The van der Waals surface area contributed by atoms with Gasteiger partial charge in [0.15, 0.2) is 0 Å². The molecule has 0 saturated carbocycles. The molecule has 6 nitrogen and oxygen atoms in total. The predicted molar refractivity (Wildman–Crippen MR) is 67.0 cm³/mol. The third-order valence-corrected chi connectivity index (χ3v) is 2.03. The zero-order valence-electron chi connectivity index (χ0n) is 10.2. The molecular formula is C11H13ClN2O4. The van der Waals surface area contributed by atoms with Crippen LogP contribution in [-0.2, 0) is 0 Å². The Bertz CT molecular complexity index is 482. The lowest BCUT2D eigenvalue weighted by atomic mass is 10.1. The first-order chi connectivity index (χ1) is 8.19. The first-order valence-electron chi connectivity index (χ1n) is 5.13. The van der Waals surface area contributed by atoms with Gasteiger partial charge in [-0.25, -0.2) is 4.79 Å². The maximum atomic E-state index is 11.5. The van der Waals surface area contributed by atoms with E-state index < -0.39 is 16.6 Å². The number of hydrogen-bond acceptors (Lipinski definition) is 4. The number of carbonyl (C=O) groups is 1. The van der Waals surface area contributed by atoms with Crippen molar-refractivity contribution in [2.24, 2.45) is 0 Å². The molecule has 0 atom stereocenters. The van der Waals surface area contributed by atoms with E-state index in [9.17, 15) is 14.9 Å². The molecule has 0 heterocycles. The molecule has 0 fully saturated rings. The van der Waals surface area contributed by atoms with E-state index in [0.29, 0.717) is 0 Å². The van der Waals surface area contributed by atoms with Crippen LogP contribution in [0.25, 0.3) is 0 Å². The van der Waals surface area contributed by atoms with Crippen LogP contribution in [-0.4, -0.2) is 16.6 Å². The summed E-state index contributed by atoms with van der Waals surface area (Å²) < 4.78 is 4.89. The van der Waals surface area contributed by atoms with E-state index in [4.69, 9.17) is 16.3 Å². The first kappa shape index (κ1) is 14.2. The number of nitro groups is 1. The molecule has 0 aliphatic carbocycles. The fraction of sp³-hybridized carbons (Fsp3) is 0.364. The Balaban J connectivity index is 2.91. The first-order valence-corrected chi connectivity index (χ1v) is 5.51. The summed E-state index contributed by atoms with van der Waals surface area (Å²) in [5.74, 6) is -0.147. The van der Waals surface area contributed by atoms with Crippen molar-refractivity contribution in [3.8, 4) is 5.75 Å². The summed E-state index contributed by atoms with van der Waals surface area (Å²) in [6, 6.07) is 3.82. The Morgan fingerprint density at radius 2 is 2.06 bits per heavy atom. The van der Waals surface area contributed by atoms with Gasteiger partial charge in [0.25, 0.3) is 0 Å². The minimum absolute atomic E-state index is 0.147. The largest absolute Gasteiger partial charge is 0.413 e. The zero-order valence-corrected chi connectivity index (χ0v) is 10.9. The van der Waals surface area contributed by atoms with Gasteiger partial charge >= 0.3 is 11.8 Å². The Morgan fingerprint density at radius 3 is 2.56 bits per heavy atom. The summed E-state index contributed by atoms with van der Waals surface area (Å²) in [5, 5.41) is 13.5. The average molecular weight is 273 g/mol. The van der Waals surface area contributed by atoms with Gasteiger partial charge in [-0.15, -0.1) is 0 Å². The zero-order chi connectivity index (χ0) is 13.9. The van der Waals surface area contributed by atoms with Crippen molar-refractivity contribution in [3.63, 3.8) is 0 Å². The second-order valence-electron chi connectivity index (χ2n) is 4.63. The lowest BCUT2D eigenvalue weighted by Gasteiger charge is -2.19. The van der Waals surface area contributed by atoms with Gasteiger partial charge in [-0.3, -0.25) is 10.1 Å². The molecule has 0 bridgehead atoms. The summed E-state index contributed by atoms with van der Waals surface area (Å²) in [6.07, 6.45) is -0.757. The molecular weight excluding hydrogens is 260 g/mol. The number of ether oxygens (including phenoxy) is 1. The van der Waals surface area contributed by atoms with Crippen LogP contribution in [0.1, 0.15) is 20.8 Å². The van der Waals surface area contributed by atoms with Crippen molar-refractivity contribution in [2.75, 3.05) is 0 Å². The molecule has 1 amide bonds. The van der Waals surface area contributed by atoms with Crippen molar-refractivity contribution in [2.45, 2.75) is 26.3 Å². The van der Waals surface area contributed by atoms with Gasteiger partial charge in [0.05, 0.1) is 4.92 Å². The Hall–Kier alpha value is -1.82. The Kier molecular flexibility index (Phi) is 4.13. The highest BCUT2D eigenvalue weighted by molar-refractivity contribution is 6.30. The van der Waals surface area contributed by atoms with Gasteiger partial charge in [0.2, 0.25) is 5.75 Å². The van der Waals surface area contributed by atoms with Gasteiger partial charge in [-0.2, -0.15) is 0 Å². The molecule has 0 aliphatic rings. The lowest BCUT2D eigenvalue weighted by Crippen LogP contribution is -2.42. The SMILES string of the molecule is CC(C)(C)NC(=O)Oc1ccc(Cl)cc1[N+](=O)[O-]. The molecule has 0 aliphatic heterocycles. The van der Waals surface area contributed by atoms with Crippen molar-refractivity contribution in [1.29, 1.82) is 0 Å². The molecule has 98 valence electrons. The molecule has 0 aromatic heterocycles. The summed E-state index contributed by atoms with van der Waals surface area (Å²) in [7, 11) is 0. The van der Waals surface area contributed by atoms with Crippen LogP contribution in [0.4, 0.5) is 10.5 Å². The Labute approximate surface area is 109 Å². The van der Waals surface area contributed by atoms with Crippen molar-refractivity contribution in [1.82, 2.24) is 5.32 Å². The third-order valence-electron chi connectivity index (χ3n) is 1.80. The maximum Gasteiger partial charge on any atom is 0.413 e. The number of hydrogen-bond donors (Lipinski definition) is 1. The van der Waals surface area contributed by atoms with E-state index in [2.05, 4.69) is 5.32 Å². The van der Waals surface area contributed by atoms with Crippen LogP contribution in [0.5, 0.6) is 5.75 Å². The van der Waals surface area contributed by atoms with Crippen LogP contribution in [0.15, 0.2) is 18.2 Å². The number of amides is 1. The number of nitro benzene ring substituents is 1. The summed E-state index contributed by atoms with van der Waals surface area (Å²) in [4.78, 5) is 21.6. The second-order valence-corrected chi connectivity index (χ2v) is 5.07. The number of halogens is 1. The molecule has 1 rings (SSSR count). The summed E-state index contributed by atoms with van der Waals surface area (Å²) >= 11 is 5.64. The van der Waals surface area contributed by atoms with Crippen LogP contribution in [0.3, 0.4) is 0 Å². The standard InChI is InChI=1S/C11H13ClN2O4/c1-11(2,3)13-10(15)18-9-5-4-7(12)6-8(9)14(16)17/h4-6H,1-3H3,(H,13,15). The fourth-order valence-electron chi connectivity index (χ4n) is 1.15. The van der Waals surface area contributed by atoms with E-state index >= 15 is 0 Å². The monoisotopic (exact) mass is 272 g/mol. The molecule has 1 aromatic rings. The molecule has 1 aromatic carbocycles.